The second-order valence-corrected chi connectivity index (χ2v) is 12.9. The summed E-state index contributed by atoms with van der Waals surface area (Å²) in [6.45, 7) is 0.699. The van der Waals surface area contributed by atoms with Gasteiger partial charge in [-0.2, -0.15) is 132 Å². The molecule has 1 N–H and O–H groups in total. The molecule has 2 atom stereocenters. The van der Waals surface area contributed by atoms with Gasteiger partial charge in [-0.05, 0) is 23.6 Å². The second-order valence-electron chi connectivity index (χ2n) is 12.9. The molecule has 2 aromatic carbocycles. The van der Waals surface area contributed by atoms with E-state index < -0.39 is 124 Å². The van der Waals surface area contributed by atoms with Gasteiger partial charge in [0.2, 0.25) is 0 Å². The van der Waals surface area contributed by atoms with Gasteiger partial charge in [-0.25, -0.2) is 4.79 Å². The molecule has 0 heterocycles. The van der Waals surface area contributed by atoms with Gasteiger partial charge in [0.1, 0.15) is 6.10 Å². The van der Waals surface area contributed by atoms with Gasteiger partial charge in [-0.15, -0.1) is 0 Å². The minimum atomic E-state index is -8.97. The van der Waals surface area contributed by atoms with Crippen molar-refractivity contribution in [2.24, 2.45) is 0 Å². The Morgan fingerprint density at radius 2 is 0.708 bits per heavy atom. The Morgan fingerprint density at radius 3 is 1.05 bits per heavy atom. The van der Waals surface area contributed by atoms with E-state index >= 15 is 26.3 Å². The number of alkyl halides is 30. The number of ether oxygens (including phenoxy) is 1. The Morgan fingerprint density at radius 1 is 0.431 bits per heavy atom. The van der Waals surface area contributed by atoms with Gasteiger partial charge in [0.25, 0.3) is 0 Å². The molecular weight excluding hydrogens is 1000 g/mol. The fourth-order valence-electron chi connectivity index (χ4n) is 5.07. The van der Waals surface area contributed by atoms with Crippen LogP contribution in [0.25, 0.3) is 11.1 Å². The van der Waals surface area contributed by atoms with E-state index in [9.17, 15) is 115 Å². The van der Waals surface area contributed by atoms with Gasteiger partial charge >= 0.3 is 89.4 Å². The highest BCUT2D eigenvalue weighted by atomic mass is 19.4. The van der Waals surface area contributed by atoms with Crippen molar-refractivity contribution in [2.75, 3.05) is 0 Å². The number of carbonyl (C=O) groups is 1. The number of rotatable bonds is 17. The van der Waals surface area contributed by atoms with Gasteiger partial charge in [0.05, 0.1) is 0 Å². The standard InChI is InChI=1S/C32H16F30O3/c1-2-7-16(63)65-18(20(35,36)22(39,40)24(43,44)26(47,48)28(51,52)30(55,56)32(60,61)62)15-11-6-4-9-13(15)12-8-3-5-10-14(12)17(64)19(33,34)21(37,38)23(41,42)25(45,46)27(49,50)29(53,54)31(57,58)59/h2-11,17-18,64H,1H3/b7-2+/t17-,18-/m1/s1. The van der Waals surface area contributed by atoms with Gasteiger partial charge in [0, 0.05) is 11.6 Å². The molecule has 0 unspecified atom stereocenters. The zero-order valence-corrected chi connectivity index (χ0v) is 30.0. The molecule has 0 aromatic heterocycles. The van der Waals surface area contributed by atoms with Crippen LogP contribution in [0.2, 0.25) is 0 Å². The van der Waals surface area contributed by atoms with Crippen LogP contribution < -0.4 is 0 Å². The maximum Gasteiger partial charge on any atom is 0.460 e. The summed E-state index contributed by atoms with van der Waals surface area (Å²) >= 11 is 0. The minimum absolute atomic E-state index is 0.0881. The molecule has 0 aliphatic heterocycles. The lowest BCUT2D eigenvalue weighted by atomic mass is 9.83. The lowest BCUT2D eigenvalue weighted by molar-refractivity contribution is -0.456. The molecule has 0 aliphatic carbocycles. The topological polar surface area (TPSA) is 46.5 Å². The largest absolute Gasteiger partial charge is 0.460 e. The van der Waals surface area contributed by atoms with E-state index in [1.165, 1.54) is 0 Å². The van der Waals surface area contributed by atoms with Crippen molar-refractivity contribution < 1.29 is 146 Å². The van der Waals surface area contributed by atoms with Crippen LogP contribution in [0.1, 0.15) is 30.3 Å². The fourth-order valence-corrected chi connectivity index (χ4v) is 5.07. The average molecular weight is 1020 g/mol. The van der Waals surface area contributed by atoms with E-state index in [0.717, 1.165) is 0 Å². The lowest BCUT2D eigenvalue weighted by Gasteiger charge is -2.43. The summed E-state index contributed by atoms with van der Waals surface area (Å²) in [5.41, 5.74) is -8.72. The van der Waals surface area contributed by atoms with Crippen LogP contribution in [0, 0.1) is 0 Å². The highest BCUT2D eigenvalue weighted by molar-refractivity contribution is 5.82. The fraction of sp³-hybridized carbons (Fsp3) is 0.531. The third-order valence-corrected chi connectivity index (χ3v) is 8.70. The second kappa shape index (κ2) is 16.4. The van der Waals surface area contributed by atoms with Crippen molar-refractivity contribution >= 4 is 5.97 Å². The van der Waals surface area contributed by atoms with Crippen molar-refractivity contribution in [3.05, 3.63) is 71.8 Å². The first-order chi connectivity index (χ1) is 28.5. The van der Waals surface area contributed by atoms with E-state index in [1.807, 2.05) is 0 Å². The monoisotopic (exact) mass is 1020 g/mol. The molecule has 0 radical (unpaired) electrons. The quantitative estimate of drug-likeness (QED) is 0.0976. The number of carbonyl (C=O) groups excluding carboxylic acids is 1. The first-order valence-electron chi connectivity index (χ1n) is 15.8. The van der Waals surface area contributed by atoms with E-state index in [0.29, 0.717) is 13.0 Å². The molecule has 0 aliphatic rings. The molecule has 372 valence electrons. The summed E-state index contributed by atoms with van der Waals surface area (Å²) in [4.78, 5) is 12.2. The summed E-state index contributed by atoms with van der Waals surface area (Å²) < 4.78 is 424. The molecule has 2 aromatic rings. The first-order valence-corrected chi connectivity index (χ1v) is 15.8. The van der Waals surface area contributed by atoms with Crippen LogP contribution in [-0.2, 0) is 9.53 Å². The Kier molecular flexibility index (Phi) is 14.3. The molecule has 2 rings (SSSR count). The number of benzene rings is 2. The van der Waals surface area contributed by atoms with E-state index in [1.54, 1.807) is 0 Å². The summed E-state index contributed by atoms with van der Waals surface area (Å²) in [6, 6.07) is 0.000558. The molecule has 0 spiro atoms. The van der Waals surface area contributed by atoms with Gasteiger partial charge in [-0.1, -0.05) is 54.6 Å². The molecule has 65 heavy (non-hydrogen) atoms. The maximum absolute atomic E-state index is 15.8. The number of halogens is 30. The van der Waals surface area contributed by atoms with Gasteiger partial charge in [-0.3, -0.25) is 0 Å². The highest BCUT2D eigenvalue weighted by Gasteiger charge is 2.95. The smallest absolute Gasteiger partial charge is 0.448 e. The Bertz CT molecular complexity index is 2060. The molecular formula is C32H16F30O3. The third-order valence-electron chi connectivity index (χ3n) is 8.70. The Balaban J connectivity index is 3.04. The van der Waals surface area contributed by atoms with Crippen LogP contribution in [0.15, 0.2) is 60.7 Å². The van der Waals surface area contributed by atoms with Crippen molar-refractivity contribution in [1.82, 2.24) is 0 Å². The van der Waals surface area contributed by atoms with Crippen molar-refractivity contribution in [3.8, 4) is 11.1 Å². The number of hydrogen-bond donors (Lipinski definition) is 1. The van der Waals surface area contributed by atoms with Gasteiger partial charge in [0.15, 0.2) is 6.10 Å². The first kappa shape index (κ1) is 56.6. The predicted molar refractivity (Wildman–Crippen MR) is 152 cm³/mol. The SMILES string of the molecule is C/C=C/C(=O)O[C@H](c1ccccc1-c1ccccc1[C@@H](O)C(F)(F)C(F)(F)C(F)(F)C(F)(F)C(F)(F)C(F)(F)C(F)(F)F)C(F)(F)C(F)(F)C(F)(F)C(F)(F)C(F)(F)C(F)(F)C(F)(F)F. The minimum Gasteiger partial charge on any atom is -0.448 e. The average Bonchev–Trinajstić information content (AvgIpc) is 3.14. The number of aliphatic hydroxyl groups excluding tert-OH is 1. The van der Waals surface area contributed by atoms with Crippen LogP contribution >= 0.6 is 0 Å². The molecule has 0 fully saturated rings. The zero-order chi connectivity index (χ0) is 51.8. The lowest BCUT2D eigenvalue weighted by Crippen LogP contribution is -2.73. The molecule has 0 saturated carbocycles. The summed E-state index contributed by atoms with van der Waals surface area (Å²) in [7, 11) is 0. The molecule has 3 nitrogen and oxygen atoms in total. The van der Waals surface area contributed by atoms with Crippen LogP contribution in [0.3, 0.4) is 0 Å². The van der Waals surface area contributed by atoms with E-state index in [2.05, 4.69) is 4.74 Å². The van der Waals surface area contributed by atoms with Crippen molar-refractivity contribution in [3.63, 3.8) is 0 Å². The van der Waals surface area contributed by atoms with E-state index in [4.69, 9.17) is 0 Å². The summed E-state index contributed by atoms with van der Waals surface area (Å²) in [5, 5.41) is 10.2. The predicted octanol–water partition coefficient (Wildman–Crippen LogP) is 13.3. The third kappa shape index (κ3) is 8.04. The highest BCUT2D eigenvalue weighted by Crippen LogP contribution is 2.66. The van der Waals surface area contributed by atoms with E-state index in [-0.39, 0.29) is 54.6 Å². The van der Waals surface area contributed by atoms with Gasteiger partial charge < -0.3 is 9.84 Å². The number of hydrogen-bond acceptors (Lipinski definition) is 3. The molecule has 0 bridgehead atoms. The molecule has 0 amide bonds. The number of esters is 1. The van der Waals surface area contributed by atoms with Crippen molar-refractivity contribution in [1.29, 1.82) is 0 Å². The van der Waals surface area contributed by atoms with Crippen LogP contribution in [0.5, 0.6) is 0 Å². The molecule has 0 saturated heterocycles. The summed E-state index contributed by atoms with van der Waals surface area (Å²) in [5.74, 6) is -105. The zero-order valence-electron chi connectivity index (χ0n) is 30.0. The Hall–Kier alpha value is -4.49. The maximum atomic E-state index is 15.8. The number of allylic oxidation sites excluding steroid dienone is 1. The normalized spacial score (nSPS) is 16.5. The Labute approximate surface area is 338 Å². The summed E-state index contributed by atoms with van der Waals surface area (Å²) in [6.07, 6.45) is -26.1. The van der Waals surface area contributed by atoms with Crippen LogP contribution in [0.4, 0.5) is 132 Å². The van der Waals surface area contributed by atoms with Crippen molar-refractivity contribution in [2.45, 2.75) is 103 Å². The number of aliphatic hydroxyl groups is 1. The van der Waals surface area contributed by atoms with Crippen LogP contribution in [-0.4, -0.2) is 94.5 Å². The molecule has 33 heteroatoms.